The van der Waals surface area contributed by atoms with Crippen LogP contribution in [-0.4, -0.2) is 6.29 Å². The molecular formula is C16H15FOS. The van der Waals surface area contributed by atoms with Crippen LogP contribution in [0.1, 0.15) is 18.7 Å². The molecule has 0 atom stereocenters. The van der Waals surface area contributed by atoms with Crippen LogP contribution in [0.4, 0.5) is 4.39 Å². The average molecular weight is 274 g/mol. The number of allylic oxidation sites excluding steroid dienone is 1. The van der Waals surface area contributed by atoms with E-state index in [1.54, 1.807) is 12.1 Å². The fourth-order valence-electron chi connectivity index (χ4n) is 1.74. The van der Waals surface area contributed by atoms with E-state index in [9.17, 15) is 9.18 Å². The molecule has 1 aromatic carbocycles. The van der Waals surface area contributed by atoms with Crippen LogP contribution in [0.15, 0.2) is 42.0 Å². The SMILES string of the molecule is CC(C)C(C=O)=Cc1ccc(-c2ccccc2F)s1. The minimum Gasteiger partial charge on any atom is -0.298 e. The van der Waals surface area contributed by atoms with Gasteiger partial charge in [0, 0.05) is 15.3 Å². The van der Waals surface area contributed by atoms with Gasteiger partial charge in [-0.25, -0.2) is 4.39 Å². The third-order valence-corrected chi connectivity index (χ3v) is 3.94. The van der Waals surface area contributed by atoms with Crippen molar-refractivity contribution in [2.75, 3.05) is 0 Å². The predicted octanol–water partition coefficient (Wildman–Crippen LogP) is 4.79. The number of rotatable bonds is 4. The second kappa shape index (κ2) is 5.93. The van der Waals surface area contributed by atoms with Gasteiger partial charge in [0.25, 0.3) is 0 Å². The molecule has 0 bridgehead atoms. The van der Waals surface area contributed by atoms with Crippen molar-refractivity contribution in [2.45, 2.75) is 13.8 Å². The number of halogens is 1. The van der Waals surface area contributed by atoms with Gasteiger partial charge >= 0.3 is 0 Å². The summed E-state index contributed by atoms with van der Waals surface area (Å²) in [4.78, 5) is 12.8. The topological polar surface area (TPSA) is 17.1 Å². The minimum absolute atomic E-state index is 0.191. The second-order valence-electron chi connectivity index (χ2n) is 4.60. The normalized spacial score (nSPS) is 11.9. The van der Waals surface area contributed by atoms with E-state index in [2.05, 4.69) is 0 Å². The molecule has 1 aromatic heterocycles. The number of aldehydes is 1. The summed E-state index contributed by atoms with van der Waals surface area (Å²) in [6.45, 7) is 3.96. The molecule has 1 heterocycles. The molecule has 0 saturated carbocycles. The molecule has 1 nitrogen and oxygen atoms in total. The number of hydrogen-bond donors (Lipinski definition) is 0. The lowest BCUT2D eigenvalue weighted by atomic mass is 10.0. The summed E-state index contributed by atoms with van der Waals surface area (Å²) in [6, 6.07) is 10.5. The number of benzene rings is 1. The Bertz CT molecular complexity index is 611. The van der Waals surface area contributed by atoms with Crippen LogP contribution in [0.2, 0.25) is 0 Å². The molecule has 0 aliphatic carbocycles. The Hall–Kier alpha value is -1.74. The van der Waals surface area contributed by atoms with Crippen LogP contribution in [0, 0.1) is 11.7 Å². The molecule has 0 spiro atoms. The van der Waals surface area contributed by atoms with E-state index in [1.807, 2.05) is 38.1 Å². The first kappa shape index (κ1) is 13.7. The lowest BCUT2D eigenvalue weighted by Crippen LogP contribution is -1.93. The van der Waals surface area contributed by atoms with Gasteiger partial charge in [-0.2, -0.15) is 0 Å². The van der Waals surface area contributed by atoms with E-state index in [1.165, 1.54) is 17.4 Å². The molecule has 98 valence electrons. The summed E-state index contributed by atoms with van der Waals surface area (Å²) >= 11 is 1.49. The molecule has 0 aliphatic heterocycles. The zero-order valence-corrected chi connectivity index (χ0v) is 11.7. The summed E-state index contributed by atoms with van der Waals surface area (Å²) < 4.78 is 13.7. The van der Waals surface area contributed by atoms with E-state index in [0.29, 0.717) is 5.56 Å². The smallest absolute Gasteiger partial charge is 0.146 e. The van der Waals surface area contributed by atoms with Crippen molar-refractivity contribution in [2.24, 2.45) is 5.92 Å². The average Bonchev–Trinajstić information content (AvgIpc) is 2.84. The Labute approximate surface area is 116 Å². The van der Waals surface area contributed by atoms with Gasteiger partial charge in [0.1, 0.15) is 12.1 Å². The molecule has 0 unspecified atom stereocenters. The van der Waals surface area contributed by atoms with Crippen molar-refractivity contribution in [3.05, 3.63) is 52.7 Å². The first-order valence-electron chi connectivity index (χ1n) is 6.13. The van der Waals surface area contributed by atoms with E-state index >= 15 is 0 Å². The van der Waals surface area contributed by atoms with Gasteiger partial charge in [0.2, 0.25) is 0 Å². The highest BCUT2D eigenvalue weighted by atomic mass is 32.1. The molecule has 0 aliphatic rings. The molecule has 0 N–H and O–H groups in total. The number of carbonyl (C=O) groups excluding carboxylic acids is 1. The molecular weight excluding hydrogens is 259 g/mol. The van der Waals surface area contributed by atoms with Crippen molar-refractivity contribution in [1.29, 1.82) is 0 Å². The number of carbonyl (C=O) groups is 1. The van der Waals surface area contributed by atoms with Gasteiger partial charge in [-0.1, -0.05) is 32.0 Å². The first-order chi connectivity index (χ1) is 9.11. The van der Waals surface area contributed by atoms with Gasteiger partial charge in [-0.3, -0.25) is 4.79 Å². The first-order valence-corrected chi connectivity index (χ1v) is 6.95. The van der Waals surface area contributed by atoms with Gasteiger partial charge < -0.3 is 0 Å². The van der Waals surface area contributed by atoms with Crippen LogP contribution in [0.25, 0.3) is 16.5 Å². The predicted molar refractivity (Wildman–Crippen MR) is 78.6 cm³/mol. The van der Waals surface area contributed by atoms with Crippen molar-refractivity contribution in [1.82, 2.24) is 0 Å². The molecule has 2 aromatic rings. The Morgan fingerprint density at radius 1 is 1.21 bits per heavy atom. The summed E-state index contributed by atoms with van der Waals surface area (Å²) in [6.07, 6.45) is 2.75. The highest BCUT2D eigenvalue weighted by Gasteiger charge is 2.08. The van der Waals surface area contributed by atoms with E-state index < -0.39 is 0 Å². The summed E-state index contributed by atoms with van der Waals surface area (Å²) in [5, 5.41) is 0. The molecule has 0 amide bonds. The maximum Gasteiger partial charge on any atom is 0.146 e. The van der Waals surface area contributed by atoms with Crippen molar-refractivity contribution in [3.8, 4) is 10.4 Å². The van der Waals surface area contributed by atoms with Crippen LogP contribution in [0.5, 0.6) is 0 Å². The lowest BCUT2D eigenvalue weighted by molar-refractivity contribution is -0.105. The largest absolute Gasteiger partial charge is 0.298 e. The molecule has 3 heteroatoms. The van der Waals surface area contributed by atoms with Crippen LogP contribution < -0.4 is 0 Å². The maximum absolute atomic E-state index is 13.7. The van der Waals surface area contributed by atoms with E-state index in [4.69, 9.17) is 0 Å². The second-order valence-corrected chi connectivity index (χ2v) is 5.71. The van der Waals surface area contributed by atoms with E-state index in [0.717, 1.165) is 21.6 Å². The standard InChI is InChI=1S/C16H15FOS/c1-11(2)12(10-18)9-13-7-8-16(19-13)14-5-3-4-6-15(14)17/h3-11H,1-2H3. The fourth-order valence-corrected chi connectivity index (χ4v) is 2.73. The summed E-state index contributed by atoms with van der Waals surface area (Å²) in [5.41, 5.74) is 1.35. The minimum atomic E-state index is -0.223. The number of hydrogen-bond acceptors (Lipinski definition) is 2. The number of thiophene rings is 1. The zero-order valence-electron chi connectivity index (χ0n) is 10.9. The van der Waals surface area contributed by atoms with Gasteiger partial charge in [0.15, 0.2) is 0 Å². The molecule has 0 saturated heterocycles. The Kier molecular flexibility index (Phi) is 4.27. The van der Waals surface area contributed by atoms with Crippen LogP contribution in [-0.2, 0) is 4.79 Å². The van der Waals surface area contributed by atoms with Crippen molar-refractivity contribution in [3.63, 3.8) is 0 Å². The Morgan fingerprint density at radius 3 is 2.58 bits per heavy atom. The Balaban J connectivity index is 2.35. The summed E-state index contributed by atoms with van der Waals surface area (Å²) in [5.74, 6) is -0.0316. The highest BCUT2D eigenvalue weighted by Crippen LogP contribution is 2.31. The lowest BCUT2D eigenvalue weighted by Gasteiger charge is -2.01. The third kappa shape index (κ3) is 3.18. The molecule has 19 heavy (non-hydrogen) atoms. The quantitative estimate of drug-likeness (QED) is 0.578. The Morgan fingerprint density at radius 2 is 1.95 bits per heavy atom. The fraction of sp³-hybridized carbons (Fsp3) is 0.188. The molecule has 0 radical (unpaired) electrons. The maximum atomic E-state index is 13.7. The highest BCUT2D eigenvalue weighted by molar-refractivity contribution is 7.16. The van der Waals surface area contributed by atoms with Gasteiger partial charge in [0.05, 0.1) is 0 Å². The zero-order chi connectivity index (χ0) is 13.8. The monoisotopic (exact) mass is 274 g/mol. The van der Waals surface area contributed by atoms with Crippen LogP contribution in [0.3, 0.4) is 0 Å². The van der Waals surface area contributed by atoms with E-state index in [-0.39, 0.29) is 11.7 Å². The summed E-state index contributed by atoms with van der Waals surface area (Å²) in [7, 11) is 0. The molecule has 0 fully saturated rings. The van der Waals surface area contributed by atoms with Gasteiger partial charge in [-0.05, 0) is 35.8 Å². The molecule has 2 rings (SSSR count). The van der Waals surface area contributed by atoms with Crippen LogP contribution >= 0.6 is 11.3 Å². The third-order valence-electron chi connectivity index (χ3n) is 2.88. The van der Waals surface area contributed by atoms with Gasteiger partial charge in [-0.15, -0.1) is 11.3 Å². The van der Waals surface area contributed by atoms with Crippen molar-refractivity contribution < 1.29 is 9.18 Å². The van der Waals surface area contributed by atoms with Crippen molar-refractivity contribution >= 4 is 23.7 Å².